The highest BCUT2D eigenvalue weighted by molar-refractivity contribution is 5.91. The van der Waals surface area contributed by atoms with Crippen molar-refractivity contribution in [3.05, 3.63) is 35.7 Å². The number of carbonyl (C=O) groups is 2. The Morgan fingerprint density at radius 1 is 1.43 bits per heavy atom. The highest BCUT2D eigenvalue weighted by Gasteiger charge is 2.06. The van der Waals surface area contributed by atoms with Gasteiger partial charge in [0.15, 0.2) is 11.6 Å². The van der Waals surface area contributed by atoms with E-state index in [0.717, 1.165) is 0 Å². The number of carboxylic acids is 1. The molecule has 0 fully saturated rings. The molecule has 0 saturated heterocycles. The molecule has 114 valence electrons. The van der Waals surface area contributed by atoms with Crippen LogP contribution in [0.15, 0.2) is 24.3 Å². The van der Waals surface area contributed by atoms with Gasteiger partial charge in [0.25, 0.3) is 0 Å². The second-order valence-electron chi connectivity index (χ2n) is 4.48. The number of nitrogens with zero attached hydrogens (tertiary/aromatic N) is 1. The largest absolute Gasteiger partial charge is 0.494 e. The van der Waals surface area contributed by atoms with Gasteiger partial charge < -0.3 is 14.7 Å². The van der Waals surface area contributed by atoms with Crippen molar-refractivity contribution in [1.82, 2.24) is 4.90 Å². The van der Waals surface area contributed by atoms with Crippen LogP contribution in [0.1, 0.15) is 18.4 Å². The smallest absolute Gasteiger partial charge is 0.303 e. The summed E-state index contributed by atoms with van der Waals surface area (Å²) >= 11 is 0. The third-order valence-electron chi connectivity index (χ3n) is 2.85. The van der Waals surface area contributed by atoms with Crippen molar-refractivity contribution in [3.63, 3.8) is 0 Å². The molecule has 21 heavy (non-hydrogen) atoms. The first-order valence-corrected chi connectivity index (χ1v) is 6.42. The van der Waals surface area contributed by atoms with Gasteiger partial charge in [-0.1, -0.05) is 6.07 Å². The van der Waals surface area contributed by atoms with Gasteiger partial charge in [-0.2, -0.15) is 0 Å². The fraction of sp³-hybridized carbons (Fsp3) is 0.333. The molecule has 1 aromatic rings. The average Bonchev–Trinajstić information content (AvgIpc) is 2.44. The minimum Gasteiger partial charge on any atom is -0.494 e. The summed E-state index contributed by atoms with van der Waals surface area (Å²) in [5, 5.41) is 8.52. The molecule has 5 nitrogen and oxygen atoms in total. The molecule has 0 heterocycles. The van der Waals surface area contributed by atoms with Crippen molar-refractivity contribution < 1.29 is 23.8 Å². The van der Waals surface area contributed by atoms with Crippen LogP contribution in [-0.4, -0.2) is 42.6 Å². The van der Waals surface area contributed by atoms with E-state index in [9.17, 15) is 14.0 Å². The molecule has 6 heteroatoms. The van der Waals surface area contributed by atoms with Gasteiger partial charge in [0.2, 0.25) is 5.91 Å². The lowest BCUT2D eigenvalue weighted by Gasteiger charge is -2.14. The summed E-state index contributed by atoms with van der Waals surface area (Å²) in [7, 11) is 2.96. The maximum Gasteiger partial charge on any atom is 0.303 e. The van der Waals surface area contributed by atoms with E-state index >= 15 is 0 Å². The number of rotatable bonds is 7. The molecule has 0 atom stereocenters. The summed E-state index contributed by atoms with van der Waals surface area (Å²) in [6, 6.07) is 4.39. The van der Waals surface area contributed by atoms with E-state index < -0.39 is 11.8 Å². The molecule has 0 radical (unpaired) electrons. The van der Waals surface area contributed by atoms with Crippen molar-refractivity contribution in [2.45, 2.75) is 12.8 Å². The number of benzene rings is 1. The first kappa shape index (κ1) is 16.7. The van der Waals surface area contributed by atoms with E-state index in [2.05, 4.69) is 0 Å². The number of ether oxygens (including phenoxy) is 1. The molecule has 1 rings (SSSR count). The fourth-order valence-electron chi connectivity index (χ4n) is 1.66. The summed E-state index contributed by atoms with van der Waals surface area (Å²) in [6.07, 6.45) is 3.23. The summed E-state index contributed by atoms with van der Waals surface area (Å²) in [5.41, 5.74) is 0.542. The first-order valence-electron chi connectivity index (χ1n) is 6.42. The van der Waals surface area contributed by atoms with Crippen molar-refractivity contribution >= 4 is 18.0 Å². The van der Waals surface area contributed by atoms with Gasteiger partial charge in [0.1, 0.15) is 0 Å². The predicted molar refractivity (Wildman–Crippen MR) is 76.5 cm³/mol. The van der Waals surface area contributed by atoms with E-state index in [1.165, 1.54) is 36.3 Å². The molecule has 0 spiro atoms. The van der Waals surface area contributed by atoms with Crippen molar-refractivity contribution in [1.29, 1.82) is 0 Å². The lowest BCUT2D eigenvalue weighted by molar-refractivity contribution is -0.137. The zero-order chi connectivity index (χ0) is 15.8. The number of halogens is 1. The minimum absolute atomic E-state index is 0.0189. The Morgan fingerprint density at radius 3 is 2.71 bits per heavy atom. The lowest BCUT2D eigenvalue weighted by Crippen LogP contribution is -2.26. The zero-order valence-corrected chi connectivity index (χ0v) is 12.0. The van der Waals surface area contributed by atoms with Gasteiger partial charge in [-0.3, -0.25) is 9.59 Å². The van der Waals surface area contributed by atoms with E-state index in [-0.39, 0.29) is 18.1 Å². The number of aliphatic carboxylic acids is 1. The van der Waals surface area contributed by atoms with Crippen molar-refractivity contribution in [2.24, 2.45) is 0 Å². The summed E-state index contributed by atoms with van der Waals surface area (Å²) in [4.78, 5) is 23.6. The van der Waals surface area contributed by atoms with Gasteiger partial charge in [0, 0.05) is 26.1 Å². The Hall–Kier alpha value is -2.37. The molecule has 1 N–H and O–H groups in total. The summed E-state index contributed by atoms with van der Waals surface area (Å²) in [5.74, 6) is -1.51. The maximum absolute atomic E-state index is 13.5. The third kappa shape index (κ3) is 5.64. The standard InChI is InChI=1S/C15H18FNO4/c1-17(9-3-4-15(19)20)14(18)8-6-11-5-7-13(21-2)12(16)10-11/h5-8,10H,3-4,9H2,1-2H3,(H,19,20). The average molecular weight is 295 g/mol. The van der Waals surface area contributed by atoms with Gasteiger partial charge in [-0.15, -0.1) is 0 Å². The Balaban J connectivity index is 2.56. The van der Waals surface area contributed by atoms with Crippen LogP contribution in [0.3, 0.4) is 0 Å². The zero-order valence-electron chi connectivity index (χ0n) is 12.0. The van der Waals surface area contributed by atoms with Gasteiger partial charge >= 0.3 is 5.97 Å². The highest BCUT2D eigenvalue weighted by atomic mass is 19.1. The van der Waals surface area contributed by atoms with Crippen LogP contribution in [0, 0.1) is 5.82 Å². The van der Waals surface area contributed by atoms with Crippen LogP contribution in [0.25, 0.3) is 6.08 Å². The monoisotopic (exact) mass is 295 g/mol. The van der Waals surface area contributed by atoms with Crippen molar-refractivity contribution in [3.8, 4) is 5.75 Å². The van der Waals surface area contributed by atoms with Crippen LogP contribution < -0.4 is 4.74 Å². The number of hydrogen-bond acceptors (Lipinski definition) is 3. The number of carbonyl (C=O) groups excluding carboxylic acids is 1. The molecule has 0 aromatic heterocycles. The number of hydrogen-bond donors (Lipinski definition) is 1. The van der Waals surface area contributed by atoms with Crippen LogP contribution in [0.5, 0.6) is 5.75 Å². The van der Waals surface area contributed by atoms with Crippen molar-refractivity contribution in [2.75, 3.05) is 20.7 Å². The molecule has 0 aliphatic heterocycles. The molecule has 0 bridgehead atoms. The molecular formula is C15H18FNO4. The van der Waals surface area contributed by atoms with Gasteiger partial charge in [0.05, 0.1) is 7.11 Å². The molecule has 0 unspecified atom stereocenters. The van der Waals surface area contributed by atoms with Gasteiger partial charge in [-0.25, -0.2) is 4.39 Å². The first-order chi connectivity index (χ1) is 9.93. The van der Waals surface area contributed by atoms with Crippen LogP contribution in [-0.2, 0) is 9.59 Å². The Morgan fingerprint density at radius 2 is 2.14 bits per heavy atom. The topological polar surface area (TPSA) is 66.8 Å². The van der Waals surface area contributed by atoms with Crippen LogP contribution in [0.4, 0.5) is 4.39 Å². The lowest BCUT2D eigenvalue weighted by atomic mass is 10.2. The van der Waals surface area contributed by atoms with E-state index in [1.54, 1.807) is 13.1 Å². The second kappa shape index (κ2) is 8.04. The van der Waals surface area contributed by atoms with E-state index in [0.29, 0.717) is 18.5 Å². The molecule has 0 saturated carbocycles. The molecule has 0 aliphatic carbocycles. The molecule has 1 aromatic carbocycles. The Labute approximate surface area is 122 Å². The van der Waals surface area contributed by atoms with E-state index in [1.807, 2.05) is 0 Å². The molecule has 1 amide bonds. The Bertz CT molecular complexity index is 542. The SMILES string of the molecule is COc1ccc(C=CC(=O)N(C)CCCC(=O)O)cc1F. The minimum atomic E-state index is -0.889. The Kier molecular flexibility index (Phi) is 6.39. The number of likely N-dealkylation sites (N-methyl/N-ethyl adjacent to an activating group) is 1. The van der Waals surface area contributed by atoms with E-state index in [4.69, 9.17) is 9.84 Å². The number of amides is 1. The quantitative estimate of drug-likeness (QED) is 0.783. The van der Waals surface area contributed by atoms with Crippen LogP contribution in [0.2, 0.25) is 0 Å². The summed E-state index contributed by atoms with van der Waals surface area (Å²) < 4.78 is 18.3. The highest BCUT2D eigenvalue weighted by Crippen LogP contribution is 2.18. The maximum atomic E-state index is 13.5. The third-order valence-corrected chi connectivity index (χ3v) is 2.85. The molecule has 0 aliphatic rings. The molecular weight excluding hydrogens is 277 g/mol. The normalized spacial score (nSPS) is 10.6. The van der Waals surface area contributed by atoms with Crippen LogP contribution >= 0.6 is 0 Å². The second-order valence-corrected chi connectivity index (χ2v) is 4.48. The number of methoxy groups -OCH3 is 1. The van der Waals surface area contributed by atoms with Gasteiger partial charge in [-0.05, 0) is 30.2 Å². The predicted octanol–water partition coefficient (Wildman–Crippen LogP) is 2.17. The number of carboxylic acid groups (broad SMARTS) is 1. The fourth-order valence-corrected chi connectivity index (χ4v) is 1.66. The summed E-state index contributed by atoms with van der Waals surface area (Å²) in [6.45, 7) is 0.354.